The van der Waals surface area contributed by atoms with Crippen LogP contribution in [0.5, 0.6) is 0 Å². The van der Waals surface area contributed by atoms with E-state index in [9.17, 15) is 4.11 Å². The van der Waals surface area contributed by atoms with Crippen LogP contribution in [0.1, 0.15) is 13.3 Å². The van der Waals surface area contributed by atoms with Crippen molar-refractivity contribution in [1.82, 2.24) is 0 Å². The third kappa shape index (κ3) is 3.25. The zero-order chi connectivity index (χ0) is 7.49. The van der Waals surface area contributed by atoms with Crippen molar-refractivity contribution in [2.24, 2.45) is 0 Å². The fourth-order valence-corrected chi connectivity index (χ4v) is 0.956. The van der Waals surface area contributed by atoms with E-state index in [1.54, 1.807) is 20.0 Å². The van der Waals surface area contributed by atoms with Crippen LogP contribution in [0.4, 0.5) is 4.11 Å². The van der Waals surface area contributed by atoms with Gasteiger partial charge < -0.3 is 4.11 Å². The molecule has 3 heteroatoms. The van der Waals surface area contributed by atoms with Gasteiger partial charge in [0.2, 0.25) is 8.41 Å². The molecule has 0 bridgehead atoms. The lowest BCUT2D eigenvalue weighted by Crippen LogP contribution is -2.24. The zero-order valence-electron chi connectivity index (χ0n) is 6.11. The first-order valence-corrected chi connectivity index (χ1v) is 6.00. The summed E-state index contributed by atoms with van der Waals surface area (Å²) in [6.07, 6.45) is 0.357. The molecule has 1 unspecified atom stereocenters. The maximum absolute atomic E-state index is 13.0. The minimum Gasteiger partial charge on any atom is -0.314 e. The van der Waals surface area contributed by atoms with Gasteiger partial charge >= 0.3 is 0 Å². The molecule has 0 radical (unpaired) electrons. The second-order valence-electron chi connectivity index (χ2n) is 2.83. The van der Waals surface area contributed by atoms with Gasteiger partial charge in [-0.1, -0.05) is 6.92 Å². The van der Waals surface area contributed by atoms with Gasteiger partial charge in [0.25, 0.3) is 0 Å². The van der Waals surface area contributed by atoms with E-state index in [2.05, 4.69) is 0 Å². The van der Waals surface area contributed by atoms with Gasteiger partial charge in [0, 0.05) is 6.42 Å². The van der Waals surface area contributed by atoms with Gasteiger partial charge in [-0.15, -0.1) is 0 Å². The molecule has 52 valence electrons. The summed E-state index contributed by atoms with van der Waals surface area (Å²) in [4.78, 5) is 0. The Morgan fingerprint density at radius 2 is 2.11 bits per heavy atom. The van der Waals surface area contributed by atoms with Gasteiger partial charge in [0.15, 0.2) is 0 Å². The smallest absolute Gasteiger partial charge is 0.244 e. The van der Waals surface area contributed by atoms with Crippen LogP contribution in [0, 0.1) is 11.3 Å². The topological polar surface area (TPSA) is 23.8 Å². The highest BCUT2D eigenvalue weighted by atomic mass is 28.4. The Morgan fingerprint density at radius 1 is 1.67 bits per heavy atom. The van der Waals surface area contributed by atoms with E-state index in [4.69, 9.17) is 5.26 Å². The predicted octanol–water partition coefficient (Wildman–Crippen LogP) is 2.46. The normalized spacial score (nSPS) is 14.6. The van der Waals surface area contributed by atoms with Gasteiger partial charge in [-0.3, -0.25) is 0 Å². The van der Waals surface area contributed by atoms with E-state index < -0.39 is 8.41 Å². The molecule has 0 fully saturated rings. The summed E-state index contributed by atoms with van der Waals surface area (Å²) in [5.74, 6) is 0. The molecule has 1 atom stereocenters. The molecule has 1 nitrogen and oxygen atoms in total. The lowest BCUT2D eigenvalue weighted by Gasteiger charge is -2.16. The fourth-order valence-electron chi connectivity index (χ4n) is 0.380. The number of nitriles is 1. The van der Waals surface area contributed by atoms with E-state index in [1.807, 2.05) is 6.07 Å². The average Bonchev–Trinajstić information content (AvgIpc) is 1.64. The Kier molecular flexibility index (Phi) is 2.85. The Bertz CT molecular complexity index is 122. The highest BCUT2D eigenvalue weighted by Gasteiger charge is 2.28. The Hall–Kier alpha value is -0.363. The van der Waals surface area contributed by atoms with Crippen molar-refractivity contribution in [3.63, 3.8) is 0 Å². The Labute approximate surface area is 56.7 Å². The van der Waals surface area contributed by atoms with Crippen LogP contribution in [0.3, 0.4) is 0 Å². The molecule has 0 rings (SSSR count). The minimum absolute atomic E-state index is 0.0255. The summed E-state index contributed by atoms with van der Waals surface area (Å²) in [6, 6.07) is 1.97. The van der Waals surface area contributed by atoms with E-state index in [-0.39, 0.29) is 5.54 Å². The molecule has 0 saturated carbocycles. The maximum atomic E-state index is 13.0. The van der Waals surface area contributed by atoms with E-state index in [0.717, 1.165) is 0 Å². The molecule has 0 heterocycles. The monoisotopic (exact) mass is 145 g/mol. The number of nitrogens with zero attached hydrogens (tertiary/aromatic N) is 1. The van der Waals surface area contributed by atoms with Crippen molar-refractivity contribution < 1.29 is 4.11 Å². The molecule has 0 N–H and O–H groups in total. The maximum Gasteiger partial charge on any atom is 0.244 e. The van der Waals surface area contributed by atoms with Gasteiger partial charge in [-0.2, -0.15) is 5.26 Å². The van der Waals surface area contributed by atoms with Crippen molar-refractivity contribution in [2.75, 3.05) is 0 Å². The molecule has 0 saturated heterocycles. The Balaban J connectivity index is 3.76. The van der Waals surface area contributed by atoms with E-state index >= 15 is 0 Å². The first kappa shape index (κ1) is 8.64. The van der Waals surface area contributed by atoms with Crippen molar-refractivity contribution in [3.05, 3.63) is 0 Å². The van der Waals surface area contributed by atoms with Crippen molar-refractivity contribution in [3.8, 4) is 6.07 Å². The van der Waals surface area contributed by atoms with Gasteiger partial charge in [0.1, 0.15) is 0 Å². The van der Waals surface area contributed by atoms with Gasteiger partial charge in [-0.05, 0) is 18.6 Å². The van der Waals surface area contributed by atoms with Gasteiger partial charge in [0.05, 0.1) is 6.07 Å². The zero-order valence-corrected chi connectivity index (χ0v) is 7.11. The molecule has 0 aliphatic carbocycles. The van der Waals surface area contributed by atoms with Crippen molar-refractivity contribution in [2.45, 2.75) is 32.0 Å². The number of halogens is 1. The third-order valence-electron chi connectivity index (χ3n) is 1.57. The Morgan fingerprint density at radius 3 is 2.22 bits per heavy atom. The molecule has 0 spiro atoms. The molecular weight excluding hydrogens is 133 g/mol. The first-order valence-electron chi connectivity index (χ1n) is 3.04. The summed E-state index contributed by atoms with van der Waals surface area (Å²) in [6.45, 7) is 5.07. The van der Waals surface area contributed by atoms with Crippen LogP contribution in [-0.2, 0) is 0 Å². The average molecular weight is 145 g/mol. The summed E-state index contributed by atoms with van der Waals surface area (Å²) in [7, 11) is -2.50. The second-order valence-corrected chi connectivity index (χ2v) is 6.94. The quantitative estimate of drug-likeness (QED) is 0.432. The summed E-state index contributed by atoms with van der Waals surface area (Å²) < 4.78 is 13.0. The first-order chi connectivity index (χ1) is 3.98. The third-order valence-corrected chi connectivity index (χ3v) is 4.12. The van der Waals surface area contributed by atoms with Crippen LogP contribution in [0.15, 0.2) is 0 Å². The lowest BCUT2D eigenvalue weighted by atomic mass is 10.4. The summed E-state index contributed by atoms with van der Waals surface area (Å²) in [5, 5.41) is 8.21. The number of rotatable bonds is 2. The largest absolute Gasteiger partial charge is 0.314 e. The molecule has 0 aromatic rings. The second kappa shape index (κ2) is 2.97. The minimum atomic E-state index is -2.50. The molecule has 0 amide bonds. The molecule has 9 heavy (non-hydrogen) atoms. The number of hydrogen-bond donors (Lipinski definition) is 0. The summed E-state index contributed by atoms with van der Waals surface area (Å²) in [5.41, 5.74) is -0.0255. The molecule has 0 aromatic heterocycles. The highest BCUT2D eigenvalue weighted by molar-refractivity contribution is 6.71. The van der Waals surface area contributed by atoms with Crippen LogP contribution in [0.2, 0.25) is 18.6 Å². The molecular formula is C6H12FNSi. The SMILES string of the molecule is CC(CC#N)[Si](C)(C)F. The number of hydrogen-bond acceptors (Lipinski definition) is 1. The molecule has 0 aliphatic heterocycles. The summed E-state index contributed by atoms with van der Waals surface area (Å²) >= 11 is 0. The van der Waals surface area contributed by atoms with E-state index in [0.29, 0.717) is 6.42 Å². The van der Waals surface area contributed by atoms with Crippen LogP contribution in [-0.4, -0.2) is 8.41 Å². The molecule has 0 aliphatic rings. The standard InChI is InChI=1S/C6H12FNSi/c1-6(4-5-8)9(2,3)7/h6H,4H2,1-3H3. The lowest BCUT2D eigenvalue weighted by molar-refractivity contribution is 0.724. The van der Waals surface area contributed by atoms with Crippen molar-refractivity contribution in [1.29, 1.82) is 5.26 Å². The van der Waals surface area contributed by atoms with Crippen molar-refractivity contribution >= 4 is 8.41 Å². The van der Waals surface area contributed by atoms with Crippen LogP contribution < -0.4 is 0 Å². The van der Waals surface area contributed by atoms with E-state index in [1.165, 1.54) is 0 Å². The van der Waals surface area contributed by atoms with Crippen LogP contribution >= 0.6 is 0 Å². The van der Waals surface area contributed by atoms with Gasteiger partial charge in [-0.25, -0.2) is 0 Å². The predicted molar refractivity (Wildman–Crippen MR) is 38.2 cm³/mol. The fraction of sp³-hybridized carbons (Fsp3) is 0.833. The molecule has 0 aromatic carbocycles. The van der Waals surface area contributed by atoms with Crippen LogP contribution in [0.25, 0.3) is 0 Å². The highest BCUT2D eigenvalue weighted by Crippen LogP contribution is 2.24.